The Morgan fingerprint density at radius 2 is 1.96 bits per heavy atom. The Balaban J connectivity index is 1.65. The minimum Gasteiger partial charge on any atom is -0.391 e. The zero-order chi connectivity index (χ0) is 17.1. The molecule has 2 aliphatic rings. The number of carbonyl (C=O) groups is 1. The van der Waals surface area contributed by atoms with Crippen molar-refractivity contribution in [3.05, 3.63) is 35.4 Å². The van der Waals surface area contributed by atoms with Gasteiger partial charge in [-0.25, -0.2) is 8.78 Å². The number of hydrogen-bond donors (Lipinski definition) is 1. The molecule has 0 unspecified atom stereocenters. The maximum absolute atomic E-state index is 13.5. The van der Waals surface area contributed by atoms with Gasteiger partial charge in [0.25, 0.3) is 0 Å². The molecular weight excluding hydrogens is 316 g/mol. The van der Waals surface area contributed by atoms with Crippen LogP contribution in [-0.4, -0.2) is 41.3 Å². The minimum absolute atomic E-state index is 0.0302. The number of aliphatic hydroxyl groups excluding tert-OH is 1. The van der Waals surface area contributed by atoms with Gasteiger partial charge in [0.2, 0.25) is 5.91 Å². The smallest absolute Gasteiger partial charge is 0.249 e. The van der Waals surface area contributed by atoms with E-state index in [1.165, 1.54) is 17.4 Å². The lowest BCUT2D eigenvalue weighted by Gasteiger charge is -2.27. The molecule has 6 heteroatoms. The summed E-state index contributed by atoms with van der Waals surface area (Å²) >= 11 is 0. The minimum atomic E-state index is -0.945. The summed E-state index contributed by atoms with van der Waals surface area (Å²) in [5, 5.41) is 9.92. The molecule has 1 aromatic carbocycles. The van der Waals surface area contributed by atoms with Gasteiger partial charge in [-0.1, -0.05) is 25.3 Å². The Morgan fingerprint density at radius 3 is 2.67 bits per heavy atom. The second-order valence-electron chi connectivity index (χ2n) is 6.70. The molecule has 0 radical (unpaired) electrons. The van der Waals surface area contributed by atoms with Crippen molar-refractivity contribution in [2.45, 2.75) is 56.8 Å². The number of benzene rings is 1. The van der Waals surface area contributed by atoms with Crippen LogP contribution in [0.4, 0.5) is 8.78 Å². The van der Waals surface area contributed by atoms with Crippen LogP contribution in [0.25, 0.3) is 0 Å². The molecule has 4 nitrogen and oxygen atoms in total. The van der Waals surface area contributed by atoms with Gasteiger partial charge >= 0.3 is 0 Å². The van der Waals surface area contributed by atoms with Gasteiger partial charge in [0.1, 0.15) is 6.61 Å². The van der Waals surface area contributed by atoms with Crippen molar-refractivity contribution in [1.82, 2.24) is 4.90 Å². The summed E-state index contributed by atoms with van der Waals surface area (Å²) < 4.78 is 32.3. The summed E-state index contributed by atoms with van der Waals surface area (Å²) in [4.78, 5) is 14.0. The summed E-state index contributed by atoms with van der Waals surface area (Å²) in [6, 6.07) is 3.16. The number of rotatable bonds is 4. The van der Waals surface area contributed by atoms with Crippen LogP contribution >= 0.6 is 0 Å². The molecule has 1 aromatic rings. The van der Waals surface area contributed by atoms with Gasteiger partial charge in [-0.3, -0.25) is 4.79 Å². The molecule has 132 valence electrons. The number of halogens is 2. The first kappa shape index (κ1) is 17.3. The van der Waals surface area contributed by atoms with Crippen molar-refractivity contribution in [3.63, 3.8) is 0 Å². The molecular formula is C18H23F2NO3. The number of nitrogens with zero attached hydrogens (tertiary/aromatic N) is 1. The highest BCUT2D eigenvalue weighted by Gasteiger charge is 2.35. The predicted octanol–water partition coefficient (Wildman–Crippen LogP) is 2.95. The van der Waals surface area contributed by atoms with Crippen molar-refractivity contribution in [2.75, 3.05) is 13.2 Å². The molecule has 1 aliphatic carbocycles. The largest absolute Gasteiger partial charge is 0.391 e. The molecule has 24 heavy (non-hydrogen) atoms. The van der Waals surface area contributed by atoms with Gasteiger partial charge in [0, 0.05) is 6.54 Å². The highest BCUT2D eigenvalue weighted by molar-refractivity contribution is 5.78. The van der Waals surface area contributed by atoms with E-state index in [-0.39, 0.29) is 25.2 Å². The van der Waals surface area contributed by atoms with Crippen molar-refractivity contribution in [2.24, 2.45) is 0 Å². The molecule has 0 bridgehead atoms. The lowest BCUT2D eigenvalue weighted by atomic mass is 9.98. The number of aliphatic hydroxyl groups is 1. The van der Waals surface area contributed by atoms with Crippen LogP contribution in [0, 0.1) is 11.6 Å². The Labute approximate surface area is 140 Å². The molecule has 0 aromatic heterocycles. The lowest BCUT2D eigenvalue weighted by molar-refractivity contribution is -0.140. The third-order valence-electron chi connectivity index (χ3n) is 4.92. The fraction of sp³-hybridized carbons (Fsp3) is 0.611. The number of carbonyl (C=O) groups excluding carboxylic acids is 1. The average molecular weight is 339 g/mol. The van der Waals surface area contributed by atoms with E-state index in [0.717, 1.165) is 37.8 Å². The molecule has 1 saturated carbocycles. The number of ether oxygens (including phenoxy) is 1. The van der Waals surface area contributed by atoms with Crippen LogP contribution in [0.5, 0.6) is 0 Å². The number of likely N-dealkylation sites (tertiary alicyclic amines) is 1. The monoisotopic (exact) mass is 339 g/mol. The molecule has 1 aliphatic heterocycles. The molecule has 3 rings (SSSR count). The van der Waals surface area contributed by atoms with Crippen LogP contribution < -0.4 is 0 Å². The van der Waals surface area contributed by atoms with E-state index in [9.17, 15) is 18.7 Å². The second kappa shape index (κ2) is 7.57. The molecule has 1 saturated heterocycles. The maximum atomic E-state index is 13.5. The van der Waals surface area contributed by atoms with Crippen molar-refractivity contribution in [3.8, 4) is 0 Å². The van der Waals surface area contributed by atoms with Gasteiger partial charge in [-0.2, -0.15) is 0 Å². The van der Waals surface area contributed by atoms with E-state index in [2.05, 4.69) is 0 Å². The Kier molecular flexibility index (Phi) is 5.46. The first-order valence-corrected chi connectivity index (χ1v) is 8.58. The van der Waals surface area contributed by atoms with Crippen LogP contribution in [0.2, 0.25) is 0 Å². The summed E-state index contributed by atoms with van der Waals surface area (Å²) in [6.45, 7) is 0.161. The second-order valence-corrected chi connectivity index (χ2v) is 6.70. The molecule has 2 fully saturated rings. The first-order chi connectivity index (χ1) is 11.5. The highest BCUT2D eigenvalue weighted by atomic mass is 19.2. The number of hydrogen-bond acceptors (Lipinski definition) is 3. The molecule has 1 N–H and O–H groups in total. The summed E-state index contributed by atoms with van der Waals surface area (Å²) in [6.07, 6.45) is 5.19. The normalized spacial score (nSPS) is 25.2. The standard InChI is InChI=1S/C18H23F2NO3/c19-15-7-6-12(8-16(15)20)17-9-13(22)10-21(17)18(23)11-24-14-4-2-1-3-5-14/h6-8,13-14,17,22H,1-5,9-11H2/t13-,17+/m1/s1. The summed E-state index contributed by atoms with van der Waals surface area (Å²) in [5.41, 5.74) is 0.497. The zero-order valence-corrected chi connectivity index (χ0v) is 13.6. The van der Waals surface area contributed by atoms with Gasteiger partial charge < -0.3 is 14.7 Å². The van der Waals surface area contributed by atoms with Gasteiger partial charge in [-0.05, 0) is 37.0 Å². The Hall–Kier alpha value is -1.53. The van der Waals surface area contributed by atoms with Crippen molar-refractivity contribution >= 4 is 5.91 Å². The Morgan fingerprint density at radius 1 is 1.21 bits per heavy atom. The summed E-state index contributed by atoms with van der Waals surface area (Å²) in [7, 11) is 0. The topological polar surface area (TPSA) is 49.8 Å². The molecule has 1 amide bonds. The summed E-state index contributed by atoms with van der Waals surface area (Å²) in [5.74, 6) is -2.08. The Bertz CT molecular complexity index is 590. The fourth-order valence-corrected chi connectivity index (χ4v) is 3.63. The average Bonchev–Trinajstić information content (AvgIpc) is 2.98. The third-order valence-corrected chi connectivity index (χ3v) is 4.92. The SMILES string of the molecule is O=C(COC1CCCCC1)N1C[C@H](O)C[C@H]1c1ccc(F)c(F)c1. The van der Waals surface area contributed by atoms with E-state index >= 15 is 0 Å². The van der Waals surface area contributed by atoms with Crippen LogP contribution in [0.3, 0.4) is 0 Å². The van der Waals surface area contributed by atoms with E-state index in [4.69, 9.17) is 4.74 Å². The third kappa shape index (κ3) is 3.92. The van der Waals surface area contributed by atoms with E-state index in [0.29, 0.717) is 12.0 Å². The van der Waals surface area contributed by atoms with Crippen LogP contribution in [0.15, 0.2) is 18.2 Å². The molecule has 1 heterocycles. The van der Waals surface area contributed by atoms with Crippen molar-refractivity contribution < 1.29 is 23.4 Å². The molecule has 2 atom stereocenters. The van der Waals surface area contributed by atoms with E-state index in [1.54, 1.807) is 0 Å². The van der Waals surface area contributed by atoms with Crippen LogP contribution in [-0.2, 0) is 9.53 Å². The van der Waals surface area contributed by atoms with Gasteiger partial charge in [-0.15, -0.1) is 0 Å². The quantitative estimate of drug-likeness (QED) is 0.918. The maximum Gasteiger partial charge on any atom is 0.249 e. The highest BCUT2D eigenvalue weighted by Crippen LogP contribution is 2.33. The predicted molar refractivity (Wildman–Crippen MR) is 84.3 cm³/mol. The number of β-amino-alcohol motifs (C(OH)–C–C–N with tert-alkyl or cyclic N) is 1. The van der Waals surface area contributed by atoms with Crippen LogP contribution in [0.1, 0.15) is 50.1 Å². The van der Waals surface area contributed by atoms with E-state index in [1.807, 2.05) is 0 Å². The lowest BCUT2D eigenvalue weighted by Crippen LogP contribution is -2.36. The van der Waals surface area contributed by atoms with Crippen molar-refractivity contribution in [1.29, 1.82) is 0 Å². The van der Waals surface area contributed by atoms with Gasteiger partial charge in [0.15, 0.2) is 11.6 Å². The zero-order valence-electron chi connectivity index (χ0n) is 13.6. The van der Waals surface area contributed by atoms with E-state index < -0.39 is 23.8 Å². The van der Waals surface area contributed by atoms with Gasteiger partial charge in [0.05, 0.1) is 18.2 Å². The number of amides is 1. The molecule has 0 spiro atoms. The first-order valence-electron chi connectivity index (χ1n) is 8.58. The fourth-order valence-electron chi connectivity index (χ4n) is 3.63.